The lowest BCUT2D eigenvalue weighted by Gasteiger charge is -2.09. The number of rotatable bonds is 7. The van der Waals surface area contributed by atoms with Crippen molar-refractivity contribution in [2.45, 2.75) is 33.2 Å². The molecule has 16 heavy (non-hydrogen) atoms. The van der Waals surface area contributed by atoms with Gasteiger partial charge in [-0.05, 0) is 53.9 Å². The summed E-state index contributed by atoms with van der Waals surface area (Å²) in [4.78, 5) is 2.23. The number of nitrogens with zero attached hydrogens (tertiary/aromatic N) is 2. The minimum atomic E-state index is 0.927. The lowest BCUT2D eigenvalue weighted by atomic mass is 10.2. The molecule has 4 heteroatoms. The van der Waals surface area contributed by atoms with E-state index in [1.165, 1.54) is 30.6 Å². The number of aromatic amines is 1. The molecule has 1 aromatic heterocycles. The Morgan fingerprint density at radius 1 is 1.25 bits per heavy atom. The average Bonchev–Trinajstić information content (AvgIpc) is 2.53. The monoisotopic (exact) mass is 224 g/mol. The normalized spacial score (nSPS) is 11.3. The Morgan fingerprint density at radius 2 is 2.00 bits per heavy atom. The van der Waals surface area contributed by atoms with Crippen LogP contribution in [0.2, 0.25) is 0 Å². The van der Waals surface area contributed by atoms with E-state index in [1.54, 1.807) is 0 Å². The zero-order valence-corrected chi connectivity index (χ0v) is 10.9. The first-order valence-electron chi connectivity index (χ1n) is 5.97. The van der Waals surface area contributed by atoms with Gasteiger partial charge in [0.1, 0.15) is 0 Å². The summed E-state index contributed by atoms with van der Waals surface area (Å²) in [5, 5.41) is 10.7. The van der Waals surface area contributed by atoms with Gasteiger partial charge in [-0.2, -0.15) is 5.10 Å². The molecule has 0 aliphatic carbocycles. The summed E-state index contributed by atoms with van der Waals surface area (Å²) < 4.78 is 0. The molecule has 0 spiro atoms. The SMILES string of the molecule is Cc1n[nH]c(C)c1CNCCCCN(C)C. The highest BCUT2D eigenvalue weighted by molar-refractivity contribution is 5.22. The molecule has 0 fully saturated rings. The van der Waals surface area contributed by atoms with Crippen molar-refractivity contribution in [1.29, 1.82) is 0 Å². The number of hydrogen-bond donors (Lipinski definition) is 2. The minimum absolute atomic E-state index is 0.927. The van der Waals surface area contributed by atoms with Crippen LogP contribution in [0.3, 0.4) is 0 Å². The van der Waals surface area contributed by atoms with E-state index in [2.05, 4.69) is 41.4 Å². The van der Waals surface area contributed by atoms with E-state index in [4.69, 9.17) is 0 Å². The van der Waals surface area contributed by atoms with Crippen molar-refractivity contribution in [2.24, 2.45) is 0 Å². The highest BCUT2D eigenvalue weighted by Crippen LogP contribution is 2.08. The van der Waals surface area contributed by atoms with Gasteiger partial charge in [-0.25, -0.2) is 0 Å². The van der Waals surface area contributed by atoms with E-state index in [1.807, 2.05) is 6.92 Å². The molecule has 0 aliphatic heterocycles. The van der Waals surface area contributed by atoms with Crippen molar-refractivity contribution in [3.8, 4) is 0 Å². The minimum Gasteiger partial charge on any atom is -0.313 e. The topological polar surface area (TPSA) is 44.0 Å². The molecule has 0 amide bonds. The molecule has 0 radical (unpaired) electrons. The maximum Gasteiger partial charge on any atom is 0.0638 e. The van der Waals surface area contributed by atoms with E-state index < -0.39 is 0 Å². The Kier molecular flexibility index (Phi) is 5.49. The maximum absolute atomic E-state index is 4.18. The number of H-pyrrole nitrogens is 1. The van der Waals surface area contributed by atoms with Crippen LogP contribution in [0.25, 0.3) is 0 Å². The Bertz CT molecular complexity index is 284. The molecule has 0 saturated carbocycles. The summed E-state index contributed by atoms with van der Waals surface area (Å²) in [5.74, 6) is 0. The fraction of sp³-hybridized carbons (Fsp3) is 0.750. The van der Waals surface area contributed by atoms with Gasteiger partial charge >= 0.3 is 0 Å². The van der Waals surface area contributed by atoms with Crippen LogP contribution < -0.4 is 5.32 Å². The lowest BCUT2D eigenvalue weighted by molar-refractivity contribution is 0.391. The fourth-order valence-corrected chi connectivity index (χ4v) is 1.73. The average molecular weight is 224 g/mol. The van der Waals surface area contributed by atoms with Crippen molar-refractivity contribution >= 4 is 0 Å². The molecule has 1 heterocycles. The van der Waals surface area contributed by atoms with Crippen LogP contribution in [-0.2, 0) is 6.54 Å². The van der Waals surface area contributed by atoms with E-state index in [-0.39, 0.29) is 0 Å². The third-order valence-electron chi connectivity index (χ3n) is 2.79. The van der Waals surface area contributed by atoms with E-state index in [0.717, 1.165) is 18.8 Å². The summed E-state index contributed by atoms with van der Waals surface area (Å²) in [6.45, 7) is 7.30. The van der Waals surface area contributed by atoms with E-state index in [0.29, 0.717) is 0 Å². The van der Waals surface area contributed by atoms with E-state index >= 15 is 0 Å². The highest BCUT2D eigenvalue weighted by Gasteiger charge is 2.04. The highest BCUT2D eigenvalue weighted by atomic mass is 15.1. The Labute approximate surface area is 98.4 Å². The van der Waals surface area contributed by atoms with Gasteiger partial charge in [0, 0.05) is 17.8 Å². The Morgan fingerprint density at radius 3 is 2.56 bits per heavy atom. The van der Waals surface area contributed by atoms with Crippen molar-refractivity contribution in [2.75, 3.05) is 27.2 Å². The second-order valence-corrected chi connectivity index (χ2v) is 4.60. The van der Waals surface area contributed by atoms with Gasteiger partial charge in [-0.3, -0.25) is 5.10 Å². The van der Waals surface area contributed by atoms with Gasteiger partial charge in [0.25, 0.3) is 0 Å². The van der Waals surface area contributed by atoms with Crippen LogP contribution in [0, 0.1) is 13.8 Å². The van der Waals surface area contributed by atoms with Gasteiger partial charge < -0.3 is 10.2 Å². The molecule has 0 unspecified atom stereocenters. The first-order chi connectivity index (χ1) is 7.61. The second kappa shape index (κ2) is 6.66. The molecule has 92 valence electrons. The molecule has 1 rings (SSSR count). The zero-order valence-electron chi connectivity index (χ0n) is 10.9. The molecule has 0 atom stereocenters. The summed E-state index contributed by atoms with van der Waals surface area (Å²) in [5.41, 5.74) is 3.60. The van der Waals surface area contributed by atoms with Crippen LogP contribution >= 0.6 is 0 Å². The zero-order chi connectivity index (χ0) is 12.0. The predicted octanol–water partition coefficient (Wildman–Crippen LogP) is 1.46. The number of nitrogens with one attached hydrogen (secondary N) is 2. The molecule has 0 aromatic carbocycles. The van der Waals surface area contributed by atoms with Gasteiger partial charge in [0.2, 0.25) is 0 Å². The standard InChI is InChI=1S/C12H24N4/c1-10-12(11(2)15-14-10)9-13-7-5-6-8-16(3)4/h13H,5-9H2,1-4H3,(H,14,15). The molecular formula is C12H24N4. The van der Waals surface area contributed by atoms with Crippen LogP contribution in [0.4, 0.5) is 0 Å². The number of unbranched alkanes of at least 4 members (excludes halogenated alkanes) is 1. The Balaban J connectivity index is 2.12. The quantitative estimate of drug-likeness (QED) is 0.689. The summed E-state index contributed by atoms with van der Waals surface area (Å²) in [7, 11) is 4.23. The van der Waals surface area contributed by atoms with Crippen molar-refractivity contribution in [1.82, 2.24) is 20.4 Å². The van der Waals surface area contributed by atoms with Crippen LogP contribution in [0.1, 0.15) is 29.8 Å². The molecule has 4 nitrogen and oxygen atoms in total. The van der Waals surface area contributed by atoms with E-state index in [9.17, 15) is 0 Å². The molecule has 0 saturated heterocycles. The maximum atomic E-state index is 4.18. The summed E-state index contributed by atoms with van der Waals surface area (Å²) in [6.07, 6.45) is 2.48. The van der Waals surface area contributed by atoms with Gasteiger partial charge in [0.05, 0.1) is 5.69 Å². The van der Waals surface area contributed by atoms with Crippen molar-refractivity contribution in [3.63, 3.8) is 0 Å². The van der Waals surface area contributed by atoms with Gasteiger partial charge in [-0.1, -0.05) is 0 Å². The van der Waals surface area contributed by atoms with Crippen LogP contribution in [0.5, 0.6) is 0 Å². The predicted molar refractivity (Wildman–Crippen MR) is 67.6 cm³/mol. The number of hydrogen-bond acceptors (Lipinski definition) is 3. The number of aromatic nitrogens is 2. The fourth-order valence-electron chi connectivity index (χ4n) is 1.73. The summed E-state index contributed by atoms with van der Waals surface area (Å²) >= 11 is 0. The van der Waals surface area contributed by atoms with Crippen molar-refractivity contribution in [3.05, 3.63) is 17.0 Å². The molecule has 0 aliphatic rings. The van der Waals surface area contributed by atoms with Gasteiger partial charge in [0.15, 0.2) is 0 Å². The molecule has 1 aromatic rings. The summed E-state index contributed by atoms with van der Waals surface area (Å²) in [6, 6.07) is 0. The third-order valence-corrected chi connectivity index (χ3v) is 2.79. The lowest BCUT2D eigenvalue weighted by Crippen LogP contribution is -2.18. The second-order valence-electron chi connectivity index (χ2n) is 4.60. The van der Waals surface area contributed by atoms with Gasteiger partial charge in [-0.15, -0.1) is 0 Å². The van der Waals surface area contributed by atoms with Crippen molar-refractivity contribution < 1.29 is 0 Å². The van der Waals surface area contributed by atoms with Crippen LogP contribution in [-0.4, -0.2) is 42.3 Å². The van der Waals surface area contributed by atoms with Crippen LogP contribution in [0.15, 0.2) is 0 Å². The molecule has 2 N–H and O–H groups in total. The molecular weight excluding hydrogens is 200 g/mol. The largest absolute Gasteiger partial charge is 0.313 e. The first kappa shape index (κ1) is 13.2. The first-order valence-corrected chi connectivity index (χ1v) is 5.97. The Hall–Kier alpha value is -0.870. The smallest absolute Gasteiger partial charge is 0.0638 e. The third kappa shape index (κ3) is 4.33. The number of aryl methyl sites for hydroxylation is 2. The molecule has 0 bridgehead atoms.